The third kappa shape index (κ3) is 4.22. The summed E-state index contributed by atoms with van der Waals surface area (Å²) in [5.41, 5.74) is 0.696. The highest BCUT2D eigenvalue weighted by Crippen LogP contribution is 2.55. The minimum atomic E-state index is -4.75. The Bertz CT molecular complexity index is 1310. The Kier molecular flexibility index (Phi) is 6.44. The van der Waals surface area contributed by atoms with Crippen molar-refractivity contribution in [2.24, 2.45) is 0 Å². The predicted octanol–water partition coefficient (Wildman–Crippen LogP) is 4.83. The van der Waals surface area contributed by atoms with Crippen LogP contribution in [0.2, 0.25) is 10.0 Å². The minimum absolute atomic E-state index is 0.209. The van der Waals surface area contributed by atoms with Crippen molar-refractivity contribution in [2.75, 3.05) is 0 Å². The number of hydrogen-bond acceptors (Lipinski definition) is 3. The number of aryl methyl sites for hydroxylation is 1. The van der Waals surface area contributed by atoms with Gasteiger partial charge < -0.3 is 4.55 Å². The Labute approximate surface area is 198 Å². The molecule has 0 aliphatic carbocycles. The van der Waals surface area contributed by atoms with Gasteiger partial charge in [0.25, 0.3) is 0 Å². The molecule has 0 saturated carbocycles. The number of rotatable bonds is 5. The summed E-state index contributed by atoms with van der Waals surface area (Å²) < 4.78 is 37.4. The SMILES string of the molecule is Cc1ccc([P+](c2ccccc2)(c2ccc(Cl)cc2)c2ccc(Cl)cc2)c(S(=O)(=O)[O-])c1. The van der Waals surface area contributed by atoms with E-state index in [4.69, 9.17) is 23.2 Å². The normalized spacial score (nSPS) is 12.0. The maximum absolute atomic E-state index is 12.5. The van der Waals surface area contributed by atoms with Crippen molar-refractivity contribution in [3.63, 3.8) is 0 Å². The second-order valence-corrected chi connectivity index (χ2v) is 13.0. The van der Waals surface area contributed by atoms with Crippen LogP contribution in [0.4, 0.5) is 0 Å². The van der Waals surface area contributed by atoms with Gasteiger partial charge in [0.05, 0.1) is 4.90 Å². The van der Waals surface area contributed by atoms with Crippen LogP contribution in [-0.2, 0) is 10.1 Å². The molecule has 0 aliphatic heterocycles. The van der Waals surface area contributed by atoms with Crippen LogP contribution in [-0.4, -0.2) is 13.0 Å². The lowest BCUT2D eigenvalue weighted by molar-refractivity contribution is 0.463. The molecule has 162 valence electrons. The molecule has 4 aromatic rings. The van der Waals surface area contributed by atoms with Gasteiger partial charge in [-0.15, -0.1) is 0 Å². The fourth-order valence-corrected chi connectivity index (χ4v) is 9.83. The molecule has 4 aromatic carbocycles. The first-order valence-corrected chi connectivity index (χ1v) is 13.7. The highest BCUT2D eigenvalue weighted by Gasteiger charge is 2.50. The van der Waals surface area contributed by atoms with Gasteiger partial charge in [-0.3, -0.25) is 0 Å². The largest absolute Gasteiger partial charge is 0.744 e. The summed E-state index contributed by atoms with van der Waals surface area (Å²) in [5, 5.41) is 4.29. The van der Waals surface area contributed by atoms with E-state index in [-0.39, 0.29) is 4.90 Å². The molecule has 0 unspecified atom stereocenters. The molecule has 0 aromatic heterocycles. The molecule has 0 bridgehead atoms. The summed E-state index contributed by atoms with van der Waals surface area (Å²) in [6.07, 6.45) is 0. The van der Waals surface area contributed by atoms with E-state index < -0.39 is 17.4 Å². The van der Waals surface area contributed by atoms with E-state index in [1.807, 2.05) is 60.7 Å². The molecular formula is C25H19Cl2O3PS. The average Bonchev–Trinajstić information content (AvgIpc) is 2.77. The molecule has 0 radical (unpaired) electrons. The molecule has 3 nitrogen and oxygen atoms in total. The first kappa shape index (κ1) is 23.0. The van der Waals surface area contributed by atoms with Gasteiger partial charge in [0.15, 0.2) is 0 Å². The van der Waals surface area contributed by atoms with Crippen molar-refractivity contribution < 1.29 is 13.0 Å². The molecule has 0 amide bonds. The molecule has 0 N–H and O–H groups in total. The topological polar surface area (TPSA) is 57.2 Å². The van der Waals surface area contributed by atoms with Gasteiger partial charge in [-0.1, -0.05) is 47.5 Å². The van der Waals surface area contributed by atoms with Gasteiger partial charge in [0, 0.05) is 10.0 Å². The molecule has 0 heterocycles. The maximum Gasteiger partial charge on any atom is 0.145 e. The van der Waals surface area contributed by atoms with Crippen molar-refractivity contribution >= 4 is 61.8 Å². The van der Waals surface area contributed by atoms with Crippen molar-refractivity contribution in [3.05, 3.63) is 113 Å². The Balaban J connectivity index is 2.24. The molecule has 0 atom stereocenters. The molecule has 0 fully saturated rings. The molecule has 0 saturated heterocycles. The third-order valence-electron chi connectivity index (χ3n) is 5.32. The highest BCUT2D eigenvalue weighted by atomic mass is 35.5. The van der Waals surface area contributed by atoms with Crippen molar-refractivity contribution in [1.82, 2.24) is 0 Å². The molecular weight excluding hydrogens is 482 g/mol. The standard InChI is InChI=1S/C25H19Cl2O3PS/c1-18-7-16-24(25(17-18)32(28,29)30)31(21-5-3-2-4-6-21,22-12-8-19(26)9-13-22)23-14-10-20(27)11-15-23/h2-17H,1H3. The third-order valence-corrected chi connectivity index (χ3v) is 11.2. The Morgan fingerprint density at radius 1 is 0.688 bits per heavy atom. The van der Waals surface area contributed by atoms with Gasteiger partial charge in [-0.05, 0) is 85.3 Å². The quantitative estimate of drug-likeness (QED) is 0.291. The molecule has 0 aliphatic rings. The summed E-state index contributed by atoms with van der Waals surface area (Å²) in [6.45, 7) is 1.77. The summed E-state index contributed by atoms with van der Waals surface area (Å²) >= 11 is 12.4. The molecule has 32 heavy (non-hydrogen) atoms. The summed E-state index contributed by atoms with van der Waals surface area (Å²) in [4.78, 5) is -0.209. The summed E-state index contributed by atoms with van der Waals surface area (Å²) in [7, 11) is -7.55. The van der Waals surface area contributed by atoms with Crippen LogP contribution in [0.5, 0.6) is 0 Å². The van der Waals surface area contributed by atoms with Crippen LogP contribution in [0.25, 0.3) is 0 Å². The molecule has 7 heteroatoms. The average molecular weight is 501 g/mol. The fourth-order valence-electron chi connectivity index (χ4n) is 3.94. The van der Waals surface area contributed by atoms with Gasteiger partial charge in [-0.2, -0.15) is 0 Å². The van der Waals surface area contributed by atoms with Crippen LogP contribution in [0, 0.1) is 6.92 Å². The van der Waals surface area contributed by atoms with Crippen LogP contribution < -0.4 is 21.2 Å². The minimum Gasteiger partial charge on any atom is -0.744 e. The van der Waals surface area contributed by atoms with E-state index >= 15 is 0 Å². The van der Waals surface area contributed by atoms with E-state index in [1.54, 1.807) is 37.3 Å². The first-order chi connectivity index (χ1) is 15.2. The van der Waals surface area contributed by atoms with Crippen molar-refractivity contribution in [3.8, 4) is 0 Å². The second kappa shape index (κ2) is 8.97. The van der Waals surface area contributed by atoms with Crippen molar-refractivity contribution in [1.29, 1.82) is 0 Å². The van der Waals surface area contributed by atoms with E-state index in [0.717, 1.165) is 15.9 Å². The lowest BCUT2D eigenvalue weighted by atomic mass is 10.2. The van der Waals surface area contributed by atoms with E-state index in [1.165, 1.54) is 6.07 Å². The van der Waals surface area contributed by atoms with E-state index in [2.05, 4.69) is 0 Å². The lowest BCUT2D eigenvalue weighted by Gasteiger charge is -2.30. The first-order valence-electron chi connectivity index (χ1n) is 9.77. The summed E-state index contributed by atoms with van der Waals surface area (Å²) in [6, 6.07) is 29.5. The number of hydrogen-bond donors (Lipinski definition) is 0. The Morgan fingerprint density at radius 3 is 1.62 bits per heavy atom. The zero-order valence-electron chi connectivity index (χ0n) is 17.1. The molecule has 0 spiro atoms. The van der Waals surface area contributed by atoms with E-state index in [9.17, 15) is 13.0 Å². The van der Waals surface area contributed by atoms with Crippen LogP contribution >= 0.6 is 30.5 Å². The Hall–Kier alpha value is -2.20. The predicted molar refractivity (Wildman–Crippen MR) is 134 cm³/mol. The number of benzene rings is 4. The van der Waals surface area contributed by atoms with Gasteiger partial charge in [-0.25, -0.2) is 8.42 Å². The van der Waals surface area contributed by atoms with Gasteiger partial charge in [0.2, 0.25) is 0 Å². The van der Waals surface area contributed by atoms with Crippen LogP contribution in [0.15, 0.2) is 102 Å². The van der Waals surface area contributed by atoms with Gasteiger partial charge >= 0.3 is 0 Å². The van der Waals surface area contributed by atoms with Gasteiger partial charge in [0.1, 0.15) is 38.6 Å². The highest BCUT2D eigenvalue weighted by molar-refractivity contribution is 8.02. The maximum atomic E-state index is 12.5. The smallest absolute Gasteiger partial charge is 0.145 e. The zero-order chi connectivity index (χ0) is 22.9. The van der Waals surface area contributed by atoms with Crippen LogP contribution in [0.1, 0.15) is 5.56 Å². The Morgan fingerprint density at radius 2 is 1.16 bits per heavy atom. The summed E-state index contributed by atoms with van der Waals surface area (Å²) in [5.74, 6) is 0. The number of halogens is 2. The molecule has 4 rings (SSSR count). The monoisotopic (exact) mass is 500 g/mol. The zero-order valence-corrected chi connectivity index (χ0v) is 20.3. The fraction of sp³-hybridized carbons (Fsp3) is 0.0400. The second-order valence-electron chi connectivity index (χ2n) is 7.38. The van der Waals surface area contributed by atoms with E-state index in [0.29, 0.717) is 20.9 Å². The van der Waals surface area contributed by atoms with Crippen molar-refractivity contribution in [2.45, 2.75) is 11.8 Å². The van der Waals surface area contributed by atoms with Crippen LogP contribution in [0.3, 0.4) is 0 Å². The lowest BCUT2D eigenvalue weighted by Crippen LogP contribution is -2.40.